The molecule has 3 heterocycles. The summed E-state index contributed by atoms with van der Waals surface area (Å²) < 4.78 is 13.0. The summed E-state index contributed by atoms with van der Waals surface area (Å²) in [5.41, 5.74) is 3.27. The SMILES string of the molecule is CC(Cc1ccc2c(c1)OCO2)c1nc2c(cnn2C2CCCC2)[nH]1. The van der Waals surface area contributed by atoms with Crippen molar-refractivity contribution in [1.82, 2.24) is 19.7 Å². The van der Waals surface area contributed by atoms with E-state index in [2.05, 4.69) is 33.8 Å². The van der Waals surface area contributed by atoms with Gasteiger partial charge >= 0.3 is 0 Å². The Bertz CT molecular complexity index is 907. The first-order chi connectivity index (χ1) is 12.3. The lowest BCUT2D eigenvalue weighted by Crippen LogP contribution is -2.07. The maximum absolute atomic E-state index is 5.48. The Morgan fingerprint density at radius 2 is 2.08 bits per heavy atom. The predicted octanol–water partition coefficient (Wildman–Crippen LogP) is 3.95. The first kappa shape index (κ1) is 14.8. The Morgan fingerprint density at radius 1 is 1.24 bits per heavy atom. The fraction of sp³-hybridized carbons (Fsp3) is 0.474. The molecule has 1 aliphatic heterocycles. The van der Waals surface area contributed by atoms with Gasteiger partial charge in [-0.3, -0.25) is 0 Å². The number of benzene rings is 1. The number of hydrogen-bond acceptors (Lipinski definition) is 4. The van der Waals surface area contributed by atoms with Crippen LogP contribution < -0.4 is 9.47 Å². The van der Waals surface area contributed by atoms with Crippen LogP contribution in [0.25, 0.3) is 11.2 Å². The highest BCUT2D eigenvalue weighted by Crippen LogP contribution is 2.34. The molecule has 2 aliphatic rings. The Kier molecular flexibility index (Phi) is 3.43. The molecule has 5 rings (SSSR count). The van der Waals surface area contributed by atoms with Gasteiger partial charge in [0.05, 0.1) is 12.2 Å². The van der Waals surface area contributed by atoms with Crippen molar-refractivity contribution in [2.45, 2.75) is 51.0 Å². The van der Waals surface area contributed by atoms with E-state index in [4.69, 9.17) is 14.5 Å². The van der Waals surface area contributed by atoms with Gasteiger partial charge in [0.15, 0.2) is 17.1 Å². The molecule has 1 fully saturated rings. The summed E-state index contributed by atoms with van der Waals surface area (Å²) >= 11 is 0. The van der Waals surface area contributed by atoms with E-state index in [1.54, 1.807) is 0 Å². The van der Waals surface area contributed by atoms with Gasteiger partial charge in [-0.25, -0.2) is 9.67 Å². The van der Waals surface area contributed by atoms with Gasteiger partial charge in [0.1, 0.15) is 11.3 Å². The molecule has 0 amide bonds. The van der Waals surface area contributed by atoms with Crippen molar-refractivity contribution in [3.8, 4) is 11.5 Å². The normalized spacial score (nSPS) is 18.3. The lowest BCUT2D eigenvalue weighted by Gasteiger charge is -2.10. The molecular formula is C19H22N4O2. The summed E-state index contributed by atoms with van der Waals surface area (Å²) in [4.78, 5) is 8.34. The second-order valence-electron chi connectivity index (χ2n) is 7.18. The third-order valence-corrected chi connectivity index (χ3v) is 5.37. The molecule has 0 spiro atoms. The zero-order valence-electron chi connectivity index (χ0n) is 14.4. The second-order valence-corrected chi connectivity index (χ2v) is 7.18. The molecule has 130 valence electrons. The molecule has 6 nitrogen and oxygen atoms in total. The predicted molar refractivity (Wildman–Crippen MR) is 94.1 cm³/mol. The van der Waals surface area contributed by atoms with Gasteiger partial charge < -0.3 is 14.5 Å². The van der Waals surface area contributed by atoms with E-state index in [1.165, 1.54) is 31.2 Å². The maximum Gasteiger partial charge on any atom is 0.231 e. The van der Waals surface area contributed by atoms with Crippen LogP contribution in [0.2, 0.25) is 0 Å². The number of ether oxygens (including phenoxy) is 2. The van der Waals surface area contributed by atoms with Gasteiger partial charge in [-0.1, -0.05) is 25.8 Å². The highest BCUT2D eigenvalue weighted by Gasteiger charge is 2.22. The fourth-order valence-corrected chi connectivity index (χ4v) is 4.00. The summed E-state index contributed by atoms with van der Waals surface area (Å²) in [5.74, 6) is 2.99. The van der Waals surface area contributed by atoms with Crippen LogP contribution >= 0.6 is 0 Å². The minimum Gasteiger partial charge on any atom is -0.454 e. The quantitative estimate of drug-likeness (QED) is 0.782. The number of fused-ring (bicyclic) bond motifs is 2. The lowest BCUT2D eigenvalue weighted by atomic mass is 10.0. The first-order valence-corrected chi connectivity index (χ1v) is 9.09. The van der Waals surface area contributed by atoms with E-state index >= 15 is 0 Å². The zero-order valence-corrected chi connectivity index (χ0v) is 14.4. The highest BCUT2D eigenvalue weighted by molar-refractivity contribution is 5.70. The molecule has 1 saturated carbocycles. The minimum absolute atomic E-state index is 0.296. The highest BCUT2D eigenvalue weighted by atomic mass is 16.7. The van der Waals surface area contributed by atoms with E-state index < -0.39 is 0 Å². The number of nitrogens with one attached hydrogen (secondary N) is 1. The van der Waals surface area contributed by atoms with Crippen LogP contribution in [0.3, 0.4) is 0 Å². The number of imidazole rings is 1. The second kappa shape index (κ2) is 5.79. The molecule has 1 aliphatic carbocycles. The lowest BCUT2D eigenvalue weighted by molar-refractivity contribution is 0.174. The Morgan fingerprint density at radius 3 is 2.96 bits per heavy atom. The number of aromatic amines is 1. The monoisotopic (exact) mass is 338 g/mol. The molecule has 1 atom stereocenters. The third-order valence-electron chi connectivity index (χ3n) is 5.37. The van der Waals surface area contributed by atoms with Crippen LogP contribution in [0.15, 0.2) is 24.4 Å². The molecule has 6 heteroatoms. The summed E-state index contributed by atoms with van der Waals surface area (Å²) in [6.45, 7) is 2.52. The zero-order chi connectivity index (χ0) is 16.8. The van der Waals surface area contributed by atoms with Crippen LogP contribution in [0, 0.1) is 0 Å². The smallest absolute Gasteiger partial charge is 0.231 e. The summed E-state index contributed by atoms with van der Waals surface area (Å²) in [7, 11) is 0. The molecule has 3 aromatic rings. The molecule has 1 N–H and O–H groups in total. The molecule has 1 aromatic carbocycles. The number of nitrogens with zero attached hydrogens (tertiary/aromatic N) is 3. The van der Waals surface area contributed by atoms with Gasteiger partial charge in [-0.05, 0) is 37.0 Å². The molecule has 2 aromatic heterocycles. The number of rotatable bonds is 4. The minimum atomic E-state index is 0.296. The molecular weight excluding hydrogens is 316 g/mol. The molecule has 1 unspecified atom stereocenters. The largest absolute Gasteiger partial charge is 0.454 e. The average molecular weight is 338 g/mol. The van der Waals surface area contributed by atoms with Crippen LogP contribution in [-0.4, -0.2) is 26.5 Å². The summed E-state index contributed by atoms with van der Waals surface area (Å²) in [6.07, 6.45) is 7.84. The van der Waals surface area contributed by atoms with Crippen molar-refractivity contribution in [2.75, 3.05) is 6.79 Å². The van der Waals surface area contributed by atoms with Gasteiger partial charge in [0, 0.05) is 5.92 Å². The van der Waals surface area contributed by atoms with Gasteiger partial charge in [-0.15, -0.1) is 0 Å². The van der Waals surface area contributed by atoms with Crippen molar-refractivity contribution in [3.63, 3.8) is 0 Å². The Hall–Kier alpha value is -2.50. The van der Waals surface area contributed by atoms with Gasteiger partial charge in [-0.2, -0.15) is 5.10 Å². The van der Waals surface area contributed by atoms with Gasteiger partial charge in [0.2, 0.25) is 6.79 Å². The van der Waals surface area contributed by atoms with E-state index in [0.29, 0.717) is 18.8 Å². The van der Waals surface area contributed by atoms with Crippen LogP contribution in [0.5, 0.6) is 11.5 Å². The maximum atomic E-state index is 5.48. The van der Waals surface area contributed by atoms with E-state index in [9.17, 15) is 0 Å². The summed E-state index contributed by atoms with van der Waals surface area (Å²) in [5, 5.41) is 4.55. The van der Waals surface area contributed by atoms with E-state index in [1.807, 2.05) is 12.3 Å². The Labute approximate surface area is 146 Å². The molecule has 0 saturated heterocycles. The average Bonchev–Trinajstić information content (AvgIpc) is 3.37. The molecule has 25 heavy (non-hydrogen) atoms. The van der Waals surface area contributed by atoms with Crippen molar-refractivity contribution in [2.24, 2.45) is 0 Å². The van der Waals surface area contributed by atoms with Crippen LogP contribution in [0.4, 0.5) is 0 Å². The number of aromatic nitrogens is 4. The molecule has 0 bridgehead atoms. The number of H-pyrrole nitrogens is 1. The van der Waals surface area contributed by atoms with Crippen molar-refractivity contribution in [3.05, 3.63) is 35.8 Å². The summed E-state index contributed by atoms with van der Waals surface area (Å²) in [6, 6.07) is 6.67. The third kappa shape index (κ3) is 2.56. The van der Waals surface area contributed by atoms with Crippen LogP contribution in [0.1, 0.15) is 56.0 Å². The van der Waals surface area contributed by atoms with Crippen molar-refractivity contribution >= 4 is 11.2 Å². The molecule has 0 radical (unpaired) electrons. The van der Waals surface area contributed by atoms with Gasteiger partial charge in [0.25, 0.3) is 0 Å². The van der Waals surface area contributed by atoms with E-state index in [-0.39, 0.29) is 0 Å². The van der Waals surface area contributed by atoms with E-state index in [0.717, 1.165) is 34.9 Å². The van der Waals surface area contributed by atoms with Crippen LogP contribution in [-0.2, 0) is 6.42 Å². The fourth-order valence-electron chi connectivity index (χ4n) is 4.00. The Balaban J connectivity index is 1.39. The standard InChI is InChI=1S/C19H22N4O2/c1-12(8-13-6-7-16-17(9-13)25-11-24-16)18-21-15-10-20-23(19(15)22-18)14-4-2-3-5-14/h6-7,9-10,12,14H,2-5,8,11H2,1H3,(H,21,22). The topological polar surface area (TPSA) is 65.0 Å². The first-order valence-electron chi connectivity index (χ1n) is 9.09. The number of hydrogen-bond donors (Lipinski definition) is 1. The van der Waals surface area contributed by atoms with Crippen molar-refractivity contribution in [1.29, 1.82) is 0 Å². The van der Waals surface area contributed by atoms with Crippen molar-refractivity contribution < 1.29 is 9.47 Å².